The SMILES string of the molecule is CNC(Cc1nccn1C)c1ccncc1C. The Morgan fingerprint density at radius 2 is 2.24 bits per heavy atom. The maximum Gasteiger partial charge on any atom is 0.110 e. The van der Waals surface area contributed by atoms with Crippen molar-refractivity contribution < 1.29 is 0 Å². The second-order valence-electron chi connectivity index (χ2n) is 4.23. The molecule has 0 radical (unpaired) electrons. The smallest absolute Gasteiger partial charge is 0.110 e. The molecule has 0 amide bonds. The third-order valence-electron chi connectivity index (χ3n) is 3.10. The Morgan fingerprint density at radius 3 is 2.82 bits per heavy atom. The van der Waals surface area contributed by atoms with E-state index in [1.54, 1.807) is 0 Å². The summed E-state index contributed by atoms with van der Waals surface area (Å²) < 4.78 is 2.06. The van der Waals surface area contributed by atoms with Crippen molar-refractivity contribution in [3.63, 3.8) is 0 Å². The van der Waals surface area contributed by atoms with Gasteiger partial charge in [0, 0.05) is 44.3 Å². The van der Waals surface area contributed by atoms with Gasteiger partial charge in [0.1, 0.15) is 5.82 Å². The topological polar surface area (TPSA) is 42.7 Å². The minimum Gasteiger partial charge on any atom is -0.338 e. The van der Waals surface area contributed by atoms with E-state index in [1.807, 2.05) is 38.9 Å². The number of pyridine rings is 1. The van der Waals surface area contributed by atoms with Gasteiger partial charge in [-0.1, -0.05) is 0 Å². The highest BCUT2D eigenvalue weighted by atomic mass is 15.0. The molecule has 2 aromatic heterocycles. The van der Waals surface area contributed by atoms with Crippen LogP contribution in [0.3, 0.4) is 0 Å². The summed E-state index contributed by atoms with van der Waals surface area (Å²) >= 11 is 0. The predicted octanol–water partition coefficient (Wildman–Crippen LogP) is 1.63. The number of nitrogens with one attached hydrogen (secondary N) is 1. The van der Waals surface area contributed by atoms with Gasteiger partial charge in [-0.05, 0) is 31.2 Å². The van der Waals surface area contributed by atoms with Gasteiger partial charge in [0.2, 0.25) is 0 Å². The van der Waals surface area contributed by atoms with Crippen LogP contribution in [0.5, 0.6) is 0 Å². The second kappa shape index (κ2) is 5.10. The summed E-state index contributed by atoms with van der Waals surface area (Å²) in [5.41, 5.74) is 2.49. The fourth-order valence-corrected chi connectivity index (χ4v) is 2.02. The van der Waals surface area contributed by atoms with Crippen LogP contribution in [0, 0.1) is 6.92 Å². The average molecular weight is 230 g/mol. The molecule has 0 fully saturated rings. The fourth-order valence-electron chi connectivity index (χ4n) is 2.02. The van der Waals surface area contributed by atoms with Crippen molar-refractivity contribution in [1.29, 1.82) is 0 Å². The zero-order valence-electron chi connectivity index (χ0n) is 10.5. The van der Waals surface area contributed by atoms with Crippen molar-refractivity contribution in [2.24, 2.45) is 7.05 Å². The molecule has 0 spiro atoms. The highest BCUT2D eigenvalue weighted by Gasteiger charge is 2.14. The summed E-state index contributed by atoms with van der Waals surface area (Å²) in [6.07, 6.45) is 8.43. The number of hydrogen-bond donors (Lipinski definition) is 1. The number of aryl methyl sites for hydroxylation is 2. The maximum absolute atomic E-state index is 4.37. The first kappa shape index (κ1) is 11.8. The minimum absolute atomic E-state index is 0.277. The van der Waals surface area contributed by atoms with Crippen molar-refractivity contribution >= 4 is 0 Å². The van der Waals surface area contributed by atoms with Crippen molar-refractivity contribution in [1.82, 2.24) is 19.9 Å². The average Bonchev–Trinajstić information content (AvgIpc) is 2.73. The van der Waals surface area contributed by atoms with Gasteiger partial charge in [-0.15, -0.1) is 0 Å². The lowest BCUT2D eigenvalue weighted by atomic mass is 10.0. The van der Waals surface area contributed by atoms with E-state index in [2.05, 4.69) is 32.8 Å². The standard InChI is InChI=1S/C13H18N4/c1-10-9-15-5-4-11(10)12(14-2)8-13-16-6-7-17(13)3/h4-7,9,12,14H,8H2,1-3H3. The number of likely N-dealkylation sites (N-methyl/N-ethyl adjacent to an activating group) is 1. The predicted molar refractivity (Wildman–Crippen MR) is 67.7 cm³/mol. The molecule has 0 bridgehead atoms. The molecule has 1 atom stereocenters. The van der Waals surface area contributed by atoms with Crippen LogP contribution in [0.2, 0.25) is 0 Å². The molecule has 0 saturated heterocycles. The number of aromatic nitrogens is 3. The van der Waals surface area contributed by atoms with Crippen molar-refractivity contribution in [3.05, 3.63) is 47.8 Å². The van der Waals surface area contributed by atoms with Gasteiger partial charge in [-0.2, -0.15) is 0 Å². The minimum atomic E-state index is 0.277. The van der Waals surface area contributed by atoms with Gasteiger partial charge in [0.15, 0.2) is 0 Å². The monoisotopic (exact) mass is 230 g/mol. The first-order chi connectivity index (χ1) is 8.22. The number of hydrogen-bond acceptors (Lipinski definition) is 3. The van der Waals surface area contributed by atoms with E-state index in [9.17, 15) is 0 Å². The Hall–Kier alpha value is -1.68. The van der Waals surface area contributed by atoms with Crippen LogP contribution < -0.4 is 5.32 Å². The van der Waals surface area contributed by atoms with Crippen LogP contribution in [0.1, 0.15) is 23.0 Å². The fraction of sp³-hybridized carbons (Fsp3) is 0.385. The van der Waals surface area contributed by atoms with E-state index < -0.39 is 0 Å². The first-order valence-corrected chi connectivity index (χ1v) is 5.76. The second-order valence-corrected chi connectivity index (χ2v) is 4.23. The van der Waals surface area contributed by atoms with Gasteiger partial charge in [0.05, 0.1) is 0 Å². The summed E-state index contributed by atoms with van der Waals surface area (Å²) in [7, 11) is 4.00. The van der Waals surface area contributed by atoms with Crippen LogP contribution in [0.4, 0.5) is 0 Å². The lowest BCUT2D eigenvalue weighted by Crippen LogP contribution is -2.21. The van der Waals surface area contributed by atoms with E-state index in [0.29, 0.717) is 0 Å². The van der Waals surface area contributed by atoms with Crippen LogP contribution in [-0.2, 0) is 13.5 Å². The highest BCUT2D eigenvalue weighted by molar-refractivity contribution is 5.26. The highest BCUT2D eigenvalue weighted by Crippen LogP contribution is 2.19. The summed E-state index contributed by atoms with van der Waals surface area (Å²) in [6, 6.07) is 2.35. The van der Waals surface area contributed by atoms with Crippen molar-refractivity contribution in [2.75, 3.05) is 7.05 Å². The van der Waals surface area contributed by atoms with Crippen LogP contribution in [-0.4, -0.2) is 21.6 Å². The Balaban J connectivity index is 2.23. The Morgan fingerprint density at radius 1 is 1.41 bits per heavy atom. The molecule has 0 aliphatic rings. The zero-order chi connectivity index (χ0) is 12.3. The van der Waals surface area contributed by atoms with Gasteiger partial charge >= 0.3 is 0 Å². The van der Waals surface area contributed by atoms with Gasteiger partial charge < -0.3 is 9.88 Å². The first-order valence-electron chi connectivity index (χ1n) is 5.76. The third kappa shape index (κ3) is 2.53. The normalized spacial score (nSPS) is 12.6. The van der Waals surface area contributed by atoms with Crippen molar-refractivity contribution in [3.8, 4) is 0 Å². The molecule has 0 saturated carbocycles. The summed E-state index contributed by atoms with van der Waals surface area (Å²) in [5.74, 6) is 1.08. The Labute approximate surface area is 102 Å². The van der Waals surface area contributed by atoms with Crippen LogP contribution in [0.25, 0.3) is 0 Å². The van der Waals surface area contributed by atoms with Gasteiger partial charge in [0.25, 0.3) is 0 Å². The number of nitrogens with zero attached hydrogens (tertiary/aromatic N) is 3. The quantitative estimate of drug-likeness (QED) is 0.868. The molecule has 0 aliphatic carbocycles. The lowest BCUT2D eigenvalue weighted by molar-refractivity contribution is 0.560. The zero-order valence-corrected chi connectivity index (χ0v) is 10.5. The molecular formula is C13H18N4. The van der Waals surface area contributed by atoms with Gasteiger partial charge in [-0.25, -0.2) is 4.98 Å². The van der Waals surface area contributed by atoms with E-state index >= 15 is 0 Å². The maximum atomic E-state index is 4.37. The summed E-state index contributed by atoms with van der Waals surface area (Å²) in [5, 5.41) is 3.34. The molecule has 2 aromatic rings. The molecule has 0 aliphatic heterocycles. The number of rotatable bonds is 4. The van der Waals surface area contributed by atoms with Crippen LogP contribution in [0.15, 0.2) is 30.9 Å². The van der Waals surface area contributed by atoms with Crippen LogP contribution >= 0.6 is 0 Å². The van der Waals surface area contributed by atoms with E-state index in [4.69, 9.17) is 0 Å². The number of imidazole rings is 1. The summed E-state index contributed by atoms with van der Waals surface area (Å²) in [6.45, 7) is 2.09. The molecule has 2 heterocycles. The molecule has 90 valence electrons. The largest absolute Gasteiger partial charge is 0.338 e. The van der Waals surface area contributed by atoms with Crippen molar-refractivity contribution in [2.45, 2.75) is 19.4 Å². The molecule has 17 heavy (non-hydrogen) atoms. The molecule has 4 heteroatoms. The van der Waals surface area contributed by atoms with E-state index in [-0.39, 0.29) is 6.04 Å². The Kier molecular flexibility index (Phi) is 3.54. The van der Waals surface area contributed by atoms with E-state index in [1.165, 1.54) is 11.1 Å². The Bertz CT molecular complexity index is 490. The molecule has 1 N–H and O–H groups in total. The molecule has 0 aromatic carbocycles. The lowest BCUT2D eigenvalue weighted by Gasteiger charge is -2.18. The van der Waals surface area contributed by atoms with E-state index in [0.717, 1.165) is 12.2 Å². The summed E-state index contributed by atoms with van der Waals surface area (Å²) in [4.78, 5) is 8.49. The molecular weight excluding hydrogens is 212 g/mol. The molecule has 4 nitrogen and oxygen atoms in total. The van der Waals surface area contributed by atoms with Gasteiger partial charge in [-0.3, -0.25) is 4.98 Å². The molecule has 1 unspecified atom stereocenters. The third-order valence-corrected chi connectivity index (χ3v) is 3.10. The molecule has 2 rings (SSSR count).